The van der Waals surface area contributed by atoms with Crippen LogP contribution in [0.15, 0.2) is 41.3 Å². The smallest absolute Gasteiger partial charge is 0.335 e. The van der Waals surface area contributed by atoms with Gasteiger partial charge in [-0.2, -0.15) is 0 Å². The Morgan fingerprint density at radius 3 is 2.48 bits per heavy atom. The molecule has 9 heteroatoms. The molecule has 25 heavy (non-hydrogen) atoms. The van der Waals surface area contributed by atoms with Crippen molar-refractivity contribution >= 4 is 44.9 Å². The van der Waals surface area contributed by atoms with Crippen LogP contribution in [0.4, 0.5) is 5.69 Å². The van der Waals surface area contributed by atoms with Gasteiger partial charge < -0.3 is 9.84 Å². The first-order chi connectivity index (χ1) is 11.7. The molecule has 0 spiro atoms. The largest absolute Gasteiger partial charge is 0.491 e. The van der Waals surface area contributed by atoms with E-state index in [1.165, 1.54) is 36.4 Å². The van der Waals surface area contributed by atoms with Crippen LogP contribution in [0.25, 0.3) is 0 Å². The Hall–Kier alpha value is -1.96. The molecule has 2 aromatic rings. The van der Waals surface area contributed by atoms with E-state index in [1.807, 2.05) is 6.92 Å². The first-order valence-electron chi connectivity index (χ1n) is 7.22. The van der Waals surface area contributed by atoms with Crippen molar-refractivity contribution in [1.82, 2.24) is 0 Å². The summed E-state index contributed by atoms with van der Waals surface area (Å²) in [5.41, 5.74) is -0.0462. The molecule has 0 aliphatic heterocycles. The molecule has 134 valence electrons. The van der Waals surface area contributed by atoms with E-state index in [0.717, 1.165) is 0 Å². The summed E-state index contributed by atoms with van der Waals surface area (Å²) < 4.78 is 32.9. The van der Waals surface area contributed by atoms with E-state index < -0.39 is 16.0 Å². The number of carboxylic acid groups (broad SMARTS) is 1. The number of rotatable bonds is 7. The molecule has 2 aromatic carbocycles. The lowest BCUT2D eigenvalue weighted by Gasteiger charge is -2.14. The summed E-state index contributed by atoms with van der Waals surface area (Å²) in [7, 11) is -4.01. The number of hydrogen-bond donors (Lipinski definition) is 2. The average Bonchev–Trinajstić information content (AvgIpc) is 2.55. The van der Waals surface area contributed by atoms with Gasteiger partial charge >= 0.3 is 5.97 Å². The molecule has 0 heterocycles. The number of halogens is 2. The fraction of sp³-hybridized carbons (Fsp3) is 0.188. The summed E-state index contributed by atoms with van der Waals surface area (Å²) in [4.78, 5) is 11.0. The molecule has 6 nitrogen and oxygen atoms in total. The predicted molar refractivity (Wildman–Crippen MR) is 96.5 cm³/mol. The number of ether oxygens (including phenoxy) is 1. The number of carboxylic acids is 1. The number of benzene rings is 2. The van der Waals surface area contributed by atoms with E-state index in [2.05, 4.69) is 4.72 Å². The van der Waals surface area contributed by atoms with Crippen LogP contribution in [0.5, 0.6) is 5.75 Å². The SMILES string of the molecule is CCCOc1ccc(C(=O)O)cc1NS(=O)(=O)c1ccc(Cl)c(Cl)c1. The summed E-state index contributed by atoms with van der Waals surface area (Å²) >= 11 is 11.7. The molecule has 0 atom stereocenters. The summed E-state index contributed by atoms with van der Waals surface area (Å²) in [5.74, 6) is -0.951. The van der Waals surface area contributed by atoms with Gasteiger partial charge in [-0.05, 0) is 42.8 Å². The quantitative estimate of drug-likeness (QED) is 0.719. The van der Waals surface area contributed by atoms with Gasteiger partial charge in [0.2, 0.25) is 0 Å². The van der Waals surface area contributed by atoms with Crippen LogP contribution in [0.1, 0.15) is 23.7 Å². The Labute approximate surface area is 155 Å². The Kier molecular flexibility index (Phi) is 6.16. The van der Waals surface area contributed by atoms with Crippen molar-refractivity contribution in [3.05, 3.63) is 52.0 Å². The second-order valence-corrected chi connectivity index (χ2v) is 7.54. The van der Waals surface area contributed by atoms with Crippen LogP contribution in [0.3, 0.4) is 0 Å². The fourth-order valence-electron chi connectivity index (χ4n) is 1.93. The second kappa shape index (κ2) is 7.95. The number of anilines is 1. The normalized spacial score (nSPS) is 11.2. The van der Waals surface area contributed by atoms with E-state index in [-0.39, 0.29) is 31.9 Å². The highest BCUT2D eigenvalue weighted by Gasteiger charge is 2.19. The Balaban J connectivity index is 2.43. The molecule has 0 aliphatic rings. The maximum Gasteiger partial charge on any atom is 0.335 e. The van der Waals surface area contributed by atoms with Crippen molar-refractivity contribution in [3.8, 4) is 5.75 Å². The van der Waals surface area contributed by atoms with E-state index in [0.29, 0.717) is 13.0 Å². The van der Waals surface area contributed by atoms with E-state index in [4.69, 9.17) is 33.0 Å². The minimum Gasteiger partial charge on any atom is -0.491 e. The standard InChI is InChI=1S/C16H15Cl2NO5S/c1-2-7-24-15-6-3-10(16(20)21)8-14(15)19-25(22,23)11-4-5-12(17)13(18)9-11/h3-6,8-9,19H,2,7H2,1H3,(H,20,21). The number of sulfonamides is 1. The van der Waals surface area contributed by atoms with Gasteiger partial charge in [-0.15, -0.1) is 0 Å². The third-order valence-corrected chi connectivity index (χ3v) is 5.24. The summed E-state index contributed by atoms with van der Waals surface area (Å²) in [6.07, 6.45) is 0.708. The van der Waals surface area contributed by atoms with Gasteiger partial charge in [0, 0.05) is 0 Å². The van der Waals surface area contributed by atoms with Crippen LogP contribution < -0.4 is 9.46 Å². The molecule has 0 bridgehead atoms. The number of aromatic carboxylic acids is 1. The van der Waals surface area contributed by atoms with Crippen molar-refractivity contribution in [2.75, 3.05) is 11.3 Å². The Morgan fingerprint density at radius 2 is 1.88 bits per heavy atom. The highest BCUT2D eigenvalue weighted by atomic mass is 35.5. The van der Waals surface area contributed by atoms with Gasteiger partial charge in [-0.1, -0.05) is 30.1 Å². The van der Waals surface area contributed by atoms with Crippen molar-refractivity contribution in [1.29, 1.82) is 0 Å². The molecule has 0 unspecified atom stereocenters. The first-order valence-corrected chi connectivity index (χ1v) is 9.46. The van der Waals surface area contributed by atoms with E-state index in [1.54, 1.807) is 0 Å². The number of nitrogens with one attached hydrogen (secondary N) is 1. The van der Waals surface area contributed by atoms with Gasteiger partial charge in [0.05, 0.1) is 32.8 Å². The lowest BCUT2D eigenvalue weighted by molar-refractivity contribution is 0.0697. The molecule has 2 N–H and O–H groups in total. The lowest BCUT2D eigenvalue weighted by Crippen LogP contribution is -2.14. The lowest BCUT2D eigenvalue weighted by atomic mass is 10.2. The van der Waals surface area contributed by atoms with Crippen LogP contribution >= 0.6 is 23.2 Å². The van der Waals surface area contributed by atoms with Gasteiger partial charge in [0.25, 0.3) is 10.0 Å². The molecule has 0 fully saturated rings. The number of carbonyl (C=O) groups is 1. The van der Waals surface area contributed by atoms with Crippen molar-refractivity contribution in [2.24, 2.45) is 0 Å². The molecular weight excluding hydrogens is 389 g/mol. The fourth-order valence-corrected chi connectivity index (χ4v) is 3.38. The Morgan fingerprint density at radius 1 is 1.16 bits per heavy atom. The van der Waals surface area contributed by atoms with Gasteiger partial charge in [0.15, 0.2) is 0 Å². The molecule has 0 aliphatic carbocycles. The second-order valence-electron chi connectivity index (χ2n) is 5.05. The minimum absolute atomic E-state index is 0.0272. The van der Waals surface area contributed by atoms with Crippen LogP contribution in [-0.4, -0.2) is 26.1 Å². The van der Waals surface area contributed by atoms with Gasteiger partial charge in [0.1, 0.15) is 5.75 Å². The van der Waals surface area contributed by atoms with Gasteiger partial charge in [-0.25, -0.2) is 13.2 Å². The van der Waals surface area contributed by atoms with E-state index >= 15 is 0 Å². The van der Waals surface area contributed by atoms with Crippen molar-refractivity contribution in [2.45, 2.75) is 18.2 Å². The minimum atomic E-state index is -4.01. The number of hydrogen-bond acceptors (Lipinski definition) is 4. The van der Waals surface area contributed by atoms with Crippen LogP contribution in [0.2, 0.25) is 10.0 Å². The average molecular weight is 404 g/mol. The molecule has 2 rings (SSSR count). The predicted octanol–water partition coefficient (Wildman–Crippen LogP) is 4.28. The molecule has 0 radical (unpaired) electrons. The highest BCUT2D eigenvalue weighted by molar-refractivity contribution is 7.92. The van der Waals surface area contributed by atoms with Crippen LogP contribution in [-0.2, 0) is 10.0 Å². The molecule has 0 aromatic heterocycles. The maximum absolute atomic E-state index is 12.6. The molecule has 0 saturated carbocycles. The summed E-state index contributed by atoms with van der Waals surface area (Å²) in [5, 5.41) is 9.42. The third kappa shape index (κ3) is 4.78. The van der Waals surface area contributed by atoms with Gasteiger partial charge in [-0.3, -0.25) is 4.72 Å². The third-order valence-electron chi connectivity index (χ3n) is 3.13. The van der Waals surface area contributed by atoms with E-state index in [9.17, 15) is 13.2 Å². The first kappa shape index (κ1) is 19.4. The summed E-state index contributed by atoms with van der Waals surface area (Å²) in [6.45, 7) is 2.25. The molecule has 0 saturated heterocycles. The zero-order valence-electron chi connectivity index (χ0n) is 13.1. The summed E-state index contributed by atoms with van der Waals surface area (Å²) in [6, 6.07) is 7.81. The topological polar surface area (TPSA) is 92.7 Å². The van der Waals surface area contributed by atoms with Crippen molar-refractivity contribution in [3.63, 3.8) is 0 Å². The zero-order valence-corrected chi connectivity index (χ0v) is 15.5. The maximum atomic E-state index is 12.6. The van der Waals surface area contributed by atoms with Crippen LogP contribution in [0, 0.1) is 0 Å². The Bertz CT molecular complexity index is 899. The highest BCUT2D eigenvalue weighted by Crippen LogP contribution is 2.30. The molecule has 0 amide bonds. The van der Waals surface area contributed by atoms with Crippen molar-refractivity contribution < 1.29 is 23.1 Å². The molecular formula is C16H15Cl2NO5S. The zero-order chi connectivity index (χ0) is 18.6. The monoisotopic (exact) mass is 403 g/mol.